The van der Waals surface area contributed by atoms with Gasteiger partial charge in [0.05, 0.1) is 13.2 Å². The van der Waals surface area contributed by atoms with E-state index in [1.807, 2.05) is 18.2 Å². The average Bonchev–Trinajstić information content (AvgIpc) is 2.92. The van der Waals surface area contributed by atoms with E-state index in [0.717, 1.165) is 18.6 Å². The zero-order valence-corrected chi connectivity index (χ0v) is 7.62. The number of nitrogens with two attached hydrogens (primary N) is 1. The van der Waals surface area contributed by atoms with Gasteiger partial charge in [-0.25, -0.2) is 0 Å². The predicted octanol–water partition coefficient (Wildman–Crippen LogP) is 1.82. The van der Waals surface area contributed by atoms with Crippen LogP contribution in [-0.4, -0.2) is 13.2 Å². The van der Waals surface area contributed by atoms with Crippen LogP contribution in [0.5, 0.6) is 11.5 Å². The van der Waals surface area contributed by atoms with Gasteiger partial charge in [-0.2, -0.15) is 0 Å². The van der Waals surface area contributed by atoms with Crippen molar-refractivity contribution in [3.05, 3.63) is 18.2 Å². The van der Waals surface area contributed by atoms with Gasteiger partial charge in [0.1, 0.15) is 17.2 Å². The number of hydrogen-bond donors (Lipinski definition) is 1. The highest BCUT2D eigenvalue weighted by Crippen LogP contribution is 2.35. The van der Waals surface area contributed by atoms with Crippen molar-refractivity contribution in [2.45, 2.75) is 18.9 Å². The van der Waals surface area contributed by atoms with Crippen LogP contribution in [-0.2, 0) is 0 Å². The van der Waals surface area contributed by atoms with Gasteiger partial charge in [-0.15, -0.1) is 0 Å². The Kier molecular flexibility index (Phi) is 2.00. The topological polar surface area (TPSA) is 44.5 Å². The predicted molar refractivity (Wildman–Crippen MR) is 51.1 cm³/mol. The number of benzene rings is 1. The molecule has 2 rings (SSSR count). The lowest BCUT2D eigenvalue weighted by Gasteiger charge is -2.10. The van der Waals surface area contributed by atoms with Crippen LogP contribution in [0.4, 0.5) is 5.69 Å². The van der Waals surface area contributed by atoms with Gasteiger partial charge in [0.25, 0.3) is 0 Å². The molecule has 3 nitrogen and oxygen atoms in total. The third-order valence-electron chi connectivity index (χ3n) is 2.06. The van der Waals surface area contributed by atoms with Gasteiger partial charge in [0.15, 0.2) is 0 Å². The summed E-state index contributed by atoms with van der Waals surface area (Å²) in [5, 5.41) is 0. The summed E-state index contributed by atoms with van der Waals surface area (Å²) in [6, 6.07) is 5.58. The second kappa shape index (κ2) is 3.17. The molecule has 0 heterocycles. The molecular formula is C10H13NO2. The molecule has 0 aromatic heterocycles. The summed E-state index contributed by atoms with van der Waals surface area (Å²) in [4.78, 5) is 0. The van der Waals surface area contributed by atoms with Crippen molar-refractivity contribution in [1.82, 2.24) is 0 Å². The van der Waals surface area contributed by atoms with E-state index in [1.54, 1.807) is 7.11 Å². The molecule has 0 spiro atoms. The van der Waals surface area contributed by atoms with Crippen molar-refractivity contribution < 1.29 is 9.47 Å². The zero-order valence-electron chi connectivity index (χ0n) is 7.62. The number of rotatable bonds is 3. The maximum Gasteiger partial charge on any atom is 0.146 e. The van der Waals surface area contributed by atoms with Crippen LogP contribution >= 0.6 is 0 Å². The minimum Gasteiger partial charge on any atom is -0.494 e. The highest BCUT2D eigenvalue weighted by Gasteiger charge is 2.24. The van der Waals surface area contributed by atoms with Crippen molar-refractivity contribution in [1.29, 1.82) is 0 Å². The Labute approximate surface area is 77.5 Å². The van der Waals surface area contributed by atoms with Crippen LogP contribution < -0.4 is 15.2 Å². The van der Waals surface area contributed by atoms with E-state index in [9.17, 15) is 0 Å². The fourth-order valence-corrected chi connectivity index (χ4v) is 1.17. The Morgan fingerprint density at radius 2 is 2.00 bits per heavy atom. The minimum absolute atomic E-state index is 0.370. The third kappa shape index (κ3) is 1.69. The van der Waals surface area contributed by atoms with E-state index in [0.29, 0.717) is 17.5 Å². The van der Waals surface area contributed by atoms with E-state index >= 15 is 0 Å². The summed E-state index contributed by atoms with van der Waals surface area (Å²) < 4.78 is 10.7. The van der Waals surface area contributed by atoms with Gasteiger partial charge < -0.3 is 15.2 Å². The number of hydrogen-bond acceptors (Lipinski definition) is 3. The van der Waals surface area contributed by atoms with Gasteiger partial charge in [-0.1, -0.05) is 6.07 Å². The first-order valence-electron chi connectivity index (χ1n) is 4.40. The van der Waals surface area contributed by atoms with Crippen LogP contribution in [0.1, 0.15) is 12.8 Å². The standard InChI is InChI=1S/C10H13NO2/c1-12-8-3-2-4-9(10(8)11)13-7-5-6-7/h2-4,7H,5-6,11H2,1H3. The maximum absolute atomic E-state index is 5.82. The summed E-state index contributed by atoms with van der Waals surface area (Å²) in [5.41, 5.74) is 6.41. The first kappa shape index (κ1) is 8.23. The quantitative estimate of drug-likeness (QED) is 0.720. The monoisotopic (exact) mass is 179 g/mol. The summed E-state index contributed by atoms with van der Waals surface area (Å²) in [6.45, 7) is 0. The zero-order chi connectivity index (χ0) is 9.26. The Morgan fingerprint density at radius 3 is 2.62 bits per heavy atom. The molecule has 1 fully saturated rings. The third-order valence-corrected chi connectivity index (χ3v) is 2.06. The SMILES string of the molecule is COc1cccc(OC2CC2)c1N. The minimum atomic E-state index is 0.370. The molecule has 3 heteroatoms. The second-order valence-electron chi connectivity index (χ2n) is 3.19. The molecule has 0 amide bonds. The lowest BCUT2D eigenvalue weighted by atomic mass is 10.3. The molecule has 1 saturated carbocycles. The summed E-state index contributed by atoms with van der Waals surface area (Å²) in [7, 11) is 1.60. The average molecular weight is 179 g/mol. The number of anilines is 1. The molecule has 1 aliphatic rings. The molecule has 1 aromatic rings. The van der Waals surface area contributed by atoms with Gasteiger partial charge in [-0.05, 0) is 25.0 Å². The first-order valence-corrected chi connectivity index (χ1v) is 4.40. The van der Waals surface area contributed by atoms with Gasteiger partial charge in [-0.3, -0.25) is 0 Å². The van der Waals surface area contributed by atoms with E-state index < -0.39 is 0 Å². The number of para-hydroxylation sites is 1. The largest absolute Gasteiger partial charge is 0.494 e. The van der Waals surface area contributed by atoms with E-state index in [1.165, 1.54) is 0 Å². The Morgan fingerprint density at radius 1 is 1.31 bits per heavy atom. The van der Waals surface area contributed by atoms with Gasteiger partial charge >= 0.3 is 0 Å². The molecule has 0 bridgehead atoms. The molecule has 2 N–H and O–H groups in total. The molecule has 13 heavy (non-hydrogen) atoms. The fraction of sp³-hybridized carbons (Fsp3) is 0.400. The first-order chi connectivity index (χ1) is 6.31. The van der Waals surface area contributed by atoms with Crippen LogP contribution in [0.25, 0.3) is 0 Å². The van der Waals surface area contributed by atoms with Crippen LogP contribution in [0.15, 0.2) is 18.2 Å². The lowest BCUT2D eigenvalue weighted by molar-refractivity contribution is 0.303. The van der Waals surface area contributed by atoms with Gasteiger partial charge in [0, 0.05) is 0 Å². The van der Waals surface area contributed by atoms with Gasteiger partial charge in [0.2, 0.25) is 0 Å². The van der Waals surface area contributed by atoms with E-state index in [4.69, 9.17) is 15.2 Å². The van der Waals surface area contributed by atoms with Crippen molar-refractivity contribution in [3.8, 4) is 11.5 Å². The number of ether oxygens (including phenoxy) is 2. The van der Waals surface area contributed by atoms with Crippen molar-refractivity contribution in [2.75, 3.05) is 12.8 Å². The Bertz CT molecular complexity index is 308. The van der Waals surface area contributed by atoms with Crippen LogP contribution in [0, 0.1) is 0 Å². The molecule has 1 aromatic carbocycles. The molecule has 0 radical (unpaired) electrons. The summed E-state index contributed by atoms with van der Waals surface area (Å²) in [5.74, 6) is 1.42. The Hall–Kier alpha value is -1.38. The molecular weight excluding hydrogens is 166 g/mol. The highest BCUT2D eigenvalue weighted by molar-refractivity contribution is 5.62. The van der Waals surface area contributed by atoms with Crippen LogP contribution in [0.2, 0.25) is 0 Å². The molecule has 0 atom stereocenters. The molecule has 70 valence electrons. The molecule has 0 saturated heterocycles. The molecule has 0 unspecified atom stereocenters. The number of methoxy groups -OCH3 is 1. The van der Waals surface area contributed by atoms with E-state index in [-0.39, 0.29) is 0 Å². The highest BCUT2D eigenvalue weighted by atomic mass is 16.5. The smallest absolute Gasteiger partial charge is 0.146 e. The van der Waals surface area contributed by atoms with Crippen molar-refractivity contribution in [3.63, 3.8) is 0 Å². The summed E-state index contributed by atoms with van der Waals surface area (Å²) in [6.07, 6.45) is 2.64. The lowest BCUT2D eigenvalue weighted by Crippen LogP contribution is -2.01. The van der Waals surface area contributed by atoms with E-state index in [2.05, 4.69) is 0 Å². The normalized spacial score (nSPS) is 15.5. The van der Waals surface area contributed by atoms with Crippen molar-refractivity contribution >= 4 is 5.69 Å². The summed E-state index contributed by atoms with van der Waals surface area (Å²) >= 11 is 0. The Balaban J connectivity index is 2.22. The maximum atomic E-state index is 5.82. The van der Waals surface area contributed by atoms with Crippen molar-refractivity contribution in [2.24, 2.45) is 0 Å². The molecule has 0 aliphatic heterocycles. The number of nitrogen functional groups attached to an aromatic ring is 1. The fourth-order valence-electron chi connectivity index (χ4n) is 1.17. The van der Waals surface area contributed by atoms with Crippen LogP contribution in [0.3, 0.4) is 0 Å². The second-order valence-corrected chi connectivity index (χ2v) is 3.19. The molecule has 1 aliphatic carbocycles.